The minimum atomic E-state index is 0.551. The number of nitrogens with one attached hydrogen (secondary N) is 1. The molecule has 0 fully saturated rings. The predicted molar refractivity (Wildman–Crippen MR) is 62.9 cm³/mol. The first-order valence-electron chi connectivity index (χ1n) is 5.42. The number of hydrogen-bond donors (Lipinski definition) is 1. The van der Waals surface area contributed by atoms with Gasteiger partial charge in [0, 0.05) is 31.5 Å². The molecule has 1 unspecified atom stereocenters. The van der Waals surface area contributed by atoms with Crippen LogP contribution in [0.3, 0.4) is 0 Å². The zero-order valence-electron chi connectivity index (χ0n) is 10.2. The zero-order chi connectivity index (χ0) is 11.3. The molecule has 4 nitrogen and oxygen atoms in total. The van der Waals surface area contributed by atoms with Crippen LogP contribution in [0.25, 0.3) is 0 Å². The Morgan fingerprint density at radius 1 is 1.53 bits per heavy atom. The van der Waals surface area contributed by atoms with Gasteiger partial charge in [-0.3, -0.25) is 4.68 Å². The fourth-order valence-corrected chi connectivity index (χ4v) is 1.74. The molecule has 0 saturated heterocycles. The molecule has 86 valence electrons. The highest BCUT2D eigenvalue weighted by Crippen LogP contribution is 2.04. The van der Waals surface area contributed by atoms with Gasteiger partial charge in [-0.2, -0.15) is 5.10 Å². The topological polar surface area (TPSA) is 33.1 Å². The highest BCUT2D eigenvalue weighted by atomic mass is 15.2. The molecule has 1 atom stereocenters. The quantitative estimate of drug-likeness (QED) is 0.742. The van der Waals surface area contributed by atoms with Gasteiger partial charge in [-0.15, -0.1) is 0 Å². The van der Waals surface area contributed by atoms with E-state index >= 15 is 0 Å². The summed E-state index contributed by atoms with van der Waals surface area (Å²) in [5, 5.41) is 7.51. The van der Waals surface area contributed by atoms with Crippen LogP contribution in [0.4, 0.5) is 0 Å². The lowest BCUT2D eigenvalue weighted by Crippen LogP contribution is -2.36. The fourth-order valence-electron chi connectivity index (χ4n) is 1.74. The van der Waals surface area contributed by atoms with Crippen LogP contribution in [0.1, 0.15) is 12.1 Å². The monoisotopic (exact) mass is 210 g/mol. The summed E-state index contributed by atoms with van der Waals surface area (Å²) in [6.45, 7) is 1.08. The highest BCUT2D eigenvalue weighted by Gasteiger charge is 2.08. The van der Waals surface area contributed by atoms with Crippen molar-refractivity contribution in [2.75, 3.05) is 27.7 Å². The maximum absolute atomic E-state index is 4.17. The minimum absolute atomic E-state index is 0.551. The summed E-state index contributed by atoms with van der Waals surface area (Å²) < 4.78 is 1.95. The van der Waals surface area contributed by atoms with E-state index in [4.69, 9.17) is 0 Å². The summed E-state index contributed by atoms with van der Waals surface area (Å²) in [6.07, 6.45) is 4.08. The number of nitrogens with zero attached hydrogens (tertiary/aromatic N) is 3. The fraction of sp³-hybridized carbons (Fsp3) is 0.727. The Kier molecular flexibility index (Phi) is 4.78. The summed E-state index contributed by atoms with van der Waals surface area (Å²) in [7, 11) is 8.23. The zero-order valence-corrected chi connectivity index (χ0v) is 10.2. The van der Waals surface area contributed by atoms with Crippen LogP contribution in [0.5, 0.6) is 0 Å². The standard InChI is InChI=1S/C11H22N4/c1-12-10(9-14(2)3)5-6-11-7-8-13-15(11)4/h7-8,10,12H,5-6,9H2,1-4H3. The molecular formula is C11H22N4. The summed E-state index contributed by atoms with van der Waals surface area (Å²) in [5.41, 5.74) is 1.30. The van der Waals surface area contributed by atoms with Crippen LogP contribution in [-0.2, 0) is 13.5 Å². The summed E-state index contributed by atoms with van der Waals surface area (Å²) in [4.78, 5) is 2.21. The maximum Gasteiger partial charge on any atom is 0.0492 e. The maximum atomic E-state index is 4.17. The van der Waals surface area contributed by atoms with Gasteiger partial charge in [0.05, 0.1) is 0 Å². The lowest BCUT2D eigenvalue weighted by Gasteiger charge is -2.20. The van der Waals surface area contributed by atoms with E-state index in [2.05, 4.69) is 35.5 Å². The molecule has 4 heteroatoms. The molecule has 15 heavy (non-hydrogen) atoms. The van der Waals surface area contributed by atoms with Crippen LogP contribution in [0.2, 0.25) is 0 Å². The first kappa shape index (κ1) is 12.2. The summed E-state index contributed by atoms with van der Waals surface area (Å²) in [5.74, 6) is 0. The third-order valence-electron chi connectivity index (χ3n) is 2.67. The molecule has 0 aliphatic rings. The second-order valence-electron chi connectivity index (χ2n) is 4.23. The van der Waals surface area contributed by atoms with Crippen molar-refractivity contribution in [3.8, 4) is 0 Å². The number of rotatable bonds is 6. The van der Waals surface area contributed by atoms with E-state index in [1.54, 1.807) is 0 Å². The Morgan fingerprint density at radius 2 is 2.27 bits per heavy atom. The predicted octanol–water partition coefficient (Wildman–Crippen LogP) is 0.502. The van der Waals surface area contributed by atoms with Crippen molar-refractivity contribution in [1.82, 2.24) is 20.0 Å². The third-order valence-corrected chi connectivity index (χ3v) is 2.67. The van der Waals surface area contributed by atoms with E-state index in [0.717, 1.165) is 19.4 Å². The van der Waals surface area contributed by atoms with E-state index in [-0.39, 0.29) is 0 Å². The molecule has 0 aliphatic carbocycles. The molecule has 1 heterocycles. The van der Waals surface area contributed by atoms with Gasteiger partial charge in [-0.05, 0) is 40.1 Å². The first-order chi connectivity index (χ1) is 7.13. The average Bonchev–Trinajstić information content (AvgIpc) is 2.58. The van der Waals surface area contributed by atoms with E-state index in [0.29, 0.717) is 6.04 Å². The third kappa shape index (κ3) is 4.01. The molecule has 0 amide bonds. The number of likely N-dealkylation sites (N-methyl/N-ethyl adjacent to an activating group) is 2. The Morgan fingerprint density at radius 3 is 2.73 bits per heavy atom. The second-order valence-corrected chi connectivity index (χ2v) is 4.23. The smallest absolute Gasteiger partial charge is 0.0492 e. The molecule has 0 aliphatic heterocycles. The first-order valence-corrected chi connectivity index (χ1v) is 5.42. The molecule has 1 rings (SSSR count). The van der Waals surface area contributed by atoms with Crippen molar-refractivity contribution in [2.45, 2.75) is 18.9 Å². The van der Waals surface area contributed by atoms with Crippen molar-refractivity contribution in [3.63, 3.8) is 0 Å². The highest BCUT2D eigenvalue weighted by molar-refractivity contribution is 5.00. The van der Waals surface area contributed by atoms with Crippen LogP contribution < -0.4 is 5.32 Å². The molecular weight excluding hydrogens is 188 g/mol. The van der Waals surface area contributed by atoms with E-state index < -0.39 is 0 Å². The largest absolute Gasteiger partial charge is 0.316 e. The number of hydrogen-bond acceptors (Lipinski definition) is 3. The van der Waals surface area contributed by atoms with Crippen LogP contribution in [0.15, 0.2) is 12.3 Å². The number of aromatic nitrogens is 2. The molecule has 0 spiro atoms. The number of aryl methyl sites for hydroxylation is 2. The van der Waals surface area contributed by atoms with E-state index in [1.165, 1.54) is 5.69 Å². The minimum Gasteiger partial charge on any atom is -0.316 e. The average molecular weight is 210 g/mol. The molecule has 0 bridgehead atoms. The van der Waals surface area contributed by atoms with Gasteiger partial charge in [-0.1, -0.05) is 0 Å². The van der Waals surface area contributed by atoms with Crippen LogP contribution in [-0.4, -0.2) is 48.4 Å². The van der Waals surface area contributed by atoms with Crippen molar-refractivity contribution in [1.29, 1.82) is 0 Å². The van der Waals surface area contributed by atoms with Gasteiger partial charge in [-0.25, -0.2) is 0 Å². The molecule has 1 aromatic rings. The molecule has 0 saturated carbocycles. The van der Waals surface area contributed by atoms with Crippen LogP contribution in [0, 0.1) is 0 Å². The Hall–Kier alpha value is -0.870. The van der Waals surface area contributed by atoms with Gasteiger partial charge >= 0.3 is 0 Å². The lowest BCUT2D eigenvalue weighted by atomic mass is 10.1. The van der Waals surface area contributed by atoms with Gasteiger partial charge < -0.3 is 10.2 Å². The molecule has 1 aromatic heterocycles. The van der Waals surface area contributed by atoms with E-state index in [1.807, 2.05) is 25.0 Å². The second kappa shape index (κ2) is 5.88. The normalized spacial score (nSPS) is 13.4. The molecule has 0 radical (unpaired) electrons. The Labute approximate surface area is 92.3 Å². The molecule has 0 aromatic carbocycles. The summed E-state index contributed by atoms with van der Waals surface area (Å²) in [6, 6.07) is 2.64. The lowest BCUT2D eigenvalue weighted by molar-refractivity contribution is 0.336. The van der Waals surface area contributed by atoms with Gasteiger partial charge in [0.2, 0.25) is 0 Å². The Bertz CT molecular complexity index is 280. The van der Waals surface area contributed by atoms with E-state index in [9.17, 15) is 0 Å². The molecule has 1 N–H and O–H groups in total. The van der Waals surface area contributed by atoms with Gasteiger partial charge in [0.1, 0.15) is 0 Å². The van der Waals surface area contributed by atoms with Gasteiger partial charge in [0.15, 0.2) is 0 Å². The summed E-state index contributed by atoms with van der Waals surface area (Å²) >= 11 is 0. The van der Waals surface area contributed by atoms with Crippen LogP contribution >= 0.6 is 0 Å². The van der Waals surface area contributed by atoms with Crippen molar-refractivity contribution >= 4 is 0 Å². The van der Waals surface area contributed by atoms with Gasteiger partial charge in [0.25, 0.3) is 0 Å². The van der Waals surface area contributed by atoms with Crippen molar-refractivity contribution < 1.29 is 0 Å². The van der Waals surface area contributed by atoms with Crippen molar-refractivity contribution in [2.24, 2.45) is 7.05 Å². The SMILES string of the molecule is CNC(CCc1ccnn1C)CN(C)C. The van der Waals surface area contributed by atoms with Crippen molar-refractivity contribution in [3.05, 3.63) is 18.0 Å². The Balaban J connectivity index is 2.37.